The summed E-state index contributed by atoms with van der Waals surface area (Å²) in [5, 5.41) is 20.7. The molecule has 2 nitrogen and oxygen atoms in total. The van der Waals surface area contributed by atoms with E-state index in [4.69, 9.17) is 23.2 Å². The SMILES string of the molecule is CCC(c1cc(O)cc(Cl)c1)C(CC)c1cc(O)cc(Cl)c1. The second-order valence-electron chi connectivity index (χ2n) is 5.52. The predicted octanol–water partition coefficient (Wildman–Crippen LogP) is 6.09. The Morgan fingerprint density at radius 3 is 1.36 bits per heavy atom. The van der Waals surface area contributed by atoms with E-state index >= 15 is 0 Å². The number of rotatable bonds is 5. The van der Waals surface area contributed by atoms with E-state index in [0.29, 0.717) is 10.0 Å². The largest absolute Gasteiger partial charge is 0.508 e. The molecule has 0 aliphatic carbocycles. The fourth-order valence-corrected chi connectivity index (χ4v) is 3.60. The van der Waals surface area contributed by atoms with Gasteiger partial charge in [-0.1, -0.05) is 37.0 Å². The zero-order chi connectivity index (χ0) is 16.3. The van der Waals surface area contributed by atoms with E-state index in [2.05, 4.69) is 13.8 Å². The van der Waals surface area contributed by atoms with E-state index in [1.807, 2.05) is 12.1 Å². The van der Waals surface area contributed by atoms with Crippen molar-refractivity contribution in [2.24, 2.45) is 0 Å². The van der Waals surface area contributed by atoms with Crippen LogP contribution < -0.4 is 0 Å². The van der Waals surface area contributed by atoms with Gasteiger partial charge in [-0.25, -0.2) is 0 Å². The molecule has 118 valence electrons. The van der Waals surface area contributed by atoms with Crippen LogP contribution in [0.5, 0.6) is 11.5 Å². The Labute approximate surface area is 141 Å². The van der Waals surface area contributed by atoms with Gasteiger partial charge >= 0.3 is 0 Å². The first-order valence-corrected chi connectivity index (χ1v) is 8.19. The maximum absolute atomic E-state index is 9.81. The molecule has 2 N–H and O–H groups in total. The second kappa shape index (κ2) is 7.26. The van der Waals surface area contributed by atoms with Crippen LogP contribution in [0.2, 0.25) is 10.0 Å². The van der Waals surface area contributed by atoms with Crippen molar-refractivity contribution in [1.82, 2.24) is 0 Å². The minimum Gasteiger partial charge on any atom is -0.508 e. The lowest BCUT2D eigenvalue weighted by Crippen LogP contribution is -2.10. The Morgan fingerprint density at radius 1 is 0.727 bits per heavy atom. The van der Waals surface area contributed by atoms with Crippen molar-refractivity contribution in [2.45, 2.75) is 38.5 Å². The zero-order valence-corrected chi connectivity index (χ0v) is 14.2. The Hall–Kier alpha value is -1.38. The number of phenols is 2. The van der Waals surface area contributed by atoms with E-state index in [1.165, 1.54) is 12.1 Å². The van der Waals surface area contributed by atoms with Gasteiger partial charge in [-0.05, 0) is 72.2 Å². The fourth-order valence-electron chi connectivity index (χ4n) is 3.13. The van der Waals surface area contributed by atoms with Gasteiger partial charge in [0, 0.05) is 10.0 Å². The fraction of sp³-hybridized carbons (Fsp3) is 0.333. The summed E-state index contributed by atoms with van der Waals surface area (Å²) in [6.45, 7) is 4.21. The molecule has 0 aliphatic rings. The van der Waals surface area contributed by atoms with Crippen LogP contribution in [0.4, 0.5) is 0 Å². The molecule has 0 amide bonds. The van der Waals surface area contributed by atoms with E-state index in [-0.39, 0.29) is 23.3 Å². The van der Waals surface area contributed by atoms with Gasteiger partial charge in [0.05, 0.1) is 0 Å². The molecule has 0 fully saturated rings. The average molecular weight is 339 g/mol. The monoisotopic (exact) mass is 338 g/mol. The highest BCUT2D eigenvalue weighted by Gasteiger charge is 2.23. The van der Waals surface area contributed by atoms with Crippen molar-refractivity contribution >= 4 is 23.2 Å². The smallest absolute Gasteiger partial charge is 0.117 e. The van der Waals surface area contributed by atoms with Crippen LogP contribution in [0.1, 0.15) is 49.7 Å². The molecule has 0 aliphatic heterocycles. The minimum absolute atomic E-state index is 0.171. The molecule has 0 aromatic heterocycles. The van der Waals surface area contributed by atoms with Crippen LogP contribution in [0, 0.1) is 0 Å². The lowest BCUT2D eigenvalue weighted by molar-refractivity contribution is 0.463. The van der Waals surface area contributed by atoms with Crippen LogP contribution >= 0.6 is 23.2 Å². The van der Waals surface area contributed by atoms with Crippen LogP contribution in [0.25, 0.3) is 0 Å². The summed E-state index contributed by atoms with van der Waals surface area (Å²) in [7, 11) is 0. The van der Waals surface area contributed by atoms with Gasteiger partial charge in [0.2, 0.25) is 0 Å². The van der Waals surface area contributed by atoms with Crippen molar-refractivity contribution in [3.63, 3.8) is 0 Å². The Kier molecular flexibility index (Phi) is 5.60. The van der Waals surface area contributed by atoms with Crippen molar-refractivity contribution in [1.29, 1.82) is 0 Å². The highest BCUT2D eigenvalue weighted by atomic mass is 35.5. The van der Waals surface area contributed by atoms with Crippen LogP contribution in [0.15, 0.2) is 36.4 Å². The van der Waals surface area contributed by atoms with E-state index < -0.39 is 0 Å². The number of benzene rings is 2. The third-order valence-corrected chi connectivity index (χ3v) is 4.47. The molecule has 0 radical (unpaired) electrons. The summed E-state index contributed by atoms with van der Waals surface area (Å²) < 4.78 is 0. The molecule has 2 aromatic carbocycles. The lowest BCUT2D eigenvalue weighted by Gasteiger charge is -2.27. The molecule has 4 heteroatoms. The van der Waals surface area contributed by atoms with Gasteiger partial charge < -0.3 is 10.2 Å². The highest BCUT2D eigenvalue weighted by Crippen LogP contribution is 2.41. The van der Waals surface area contributed by atoms with Gasteiger partial charge in [0.1, 0.15) is 11.5 Å². The van der Waals surface area contributed by atoms with Crippen molar-refractivity contribution < 1.29 is 10.2 Å². The normalized spacial score (nSPS) is 13.8. The molecule has 0 spiro atoms. The van der Waals surface area contributed by atoms with Gasteiger partial charge in [0.25, 0.3) is 0 Å². The first kappa shape index (κ1) is 17.0. The molecule has 2 rings (SSSR count). The highest BCUT2D eigenvalue weighted by molar-refractivity contribution is 6.31. The standard InChI is InChI=1S/C18H20Cl2O2/c1-3-17(11-5-13(19)9-15(21)7-11)18(4-2)12-6-14(20)10-16(22)8-12/h5-10,17-18,21-22H,3-4H2,1-2H3. The minimum atomic E-state index is 0.171. The zero-order valence-electron chi connectivity index (χ0n) is 12.7. The quantitative estimate of drug-likeness (QED) is 0.692. The van der Waals surface area contributed by atoms with E-state index in [9.17, 15) is 10.2 Å². The maximum atomic E-state index is 9.81. The predicted molar refractivity (Wildman–Crippen MR) is 92.3 cm³/mol. The number of hydrogen-bond acceptors (Lipinski definition) is 2. The molecular weight excluding hydrogens is 319 g/mol. The molecule has 2 unspecified atom stereocenters. The van der Waals surface area contributed by atoms with Gasteiger partial charge in [-0.2, -0.15) is 0 Å². The summed E-state index contributed by atoms with van der Waals surface area (Å²) in [5.74, 6) is 0.717. The topological polar surface area (TPSA) is 40.5 Å². The maximum Gasteiger partial charge on any atom is 0.117 e. The molecule has 2 atom stereocenters. The van der Waals surface area contributed by atoms with Crippen LogP contribution in [0.3, 0.4) is 0 Å². The Morgan fingerprint density at radius 2 is 1.09 bits per heavy atom. The first-order chi connectivity index (χ1) is 10.4. The summed E-state index contributed by atoms with van der Waals surface area (Å²) in [4.78, 5) is 0. The second-order valence-corrected chi connectivity index (χ2v) is 6.39. The van der Waals surface area contributed by atoms with Crippen molar-refractivity contribution in [3.05, 3.63) is 57.6 Å². The third kappa shape index (κ3) is 3.88. The summed E-state index contributed by atoms with van der Waals surface area (Å²) in [6.07, 6.45) is 1.79. The third-order valence-electron chi connectivity index (χ3n) is 4.03. The van der Waals surface area contributed by atoms with Gasteiger partial charge in [-0.3, -0.25) is 0 Å². The van der Waals surface area contributed by atoms with Crippen LogP contribution in [-0.2, 0) is 0 Å². The number of halogens is 2. The molecular formula is C18H20Cl2O2. The number of hydrogen-bond donors (Lipinski definition) is 2. The Bertz CT molecular complexity index is 558. The van der Waals surface area contributed by atoms with Crippen LogP contribution in [-0.4, -0.2) is 10.2 Å². The molecule has 0 heterocycles. The average Bonchev–Trinajstić information content (AvgIpc) is 2.42. The Balaban J connectivity index is 2.46. The number of aromatic hydroxyl groups is 2. The molecule has 22 heavy (non-hydrogen) atoms. The van der Waals surface area contributed by atoms with Gasteiger partial charge in [0.15, 0.2) is 0 Å². The summed E-state index contributed by atoms with van der Waals surface area (Å²) in [6, 6.07) is 10.4. The molecule has 2 aromatic rings. The summed E-state index contributed by atoms with van der Waals surface area (Å²) in [5.41, 5.74) is 2.00. The first-order valence-electron chi connectivity index (χ1n) is 7.43. The van der Waals surface area contributed by atoms with E-state index in [1.54, 1.807) is 12.1 Å². The van der Waals surface area contributed by atoms with Crippen molar-refractivity contribution in [2.75, 3.05) is 0 Å². The number of phenolic OH excluding ortho intramolecular Hbond substituents is 2. The summed E-state index contributed by atoms with van der Waals surface area (Å²) >= 11 is 12.1. The lowest BCUT2D eigenvalue weighted by atomic mass is 9.78. The van der Waals surface area contributed by atoms with Crippen molar-refractivity contribution in [3.8, 4) is 11.5 Å². The molecule has 0 bridgehead atoms. The van der Waals surface area contributed by atoms with Gasteiger partial charge in [-0.15, -0.1) is 0 Å². The van der Waals surface area contributed by atoms with E-state index in [0.717, 1.165) is 24.0 Å². The molecule has 0 saturated carbocycles. The molecule has 0 saturated heterocycles.